The summed E-state index contributed by atoms with van der Waals surface area (Å²) in [5.74, 6) is -0.865. The number of hydrogen-bond acceptors (Lipinski definition) is 4. The van der Waals surface area contributed by atoms with Gasteiger partial charge < -0.3 is 10.0 Å². The maximum absolute atomic E-state index is 11.4. The second-order valence-corrected chi connectivity index (χ2v) is 5.18. The molecule has 0 aliphatic carbocycles. The van der Waals surface area contributed by atoms with Crippen molar-refractivity contribution in [1.29, 1.82) is 0 Å². The lowest BCUT2D eigenvalue weighted by atomic mass is 10.1. The second-order valence-electron chi connectivity index (χ2n) is 5.18. The van der Waals surface area contributed by atoms with Gasteiger partial charge in [0.2, 0.25) is 0 Å². The predicted octanol–water partition coefficient (Wildman–Crippen LogP) is 2.74. The largest absolute Gasteiger partial charge is 0.480 e. The SMILES string of the molecule is Cc1cc(N2CCCCCC2C(=O)O)cc([N+](=O)[O-])c1. The highest BCUT2D eigenvalue weighted by Gasteiger charge is 2.28. The molecule has 1 N–H and O–H groups in total. The van der Waals surface area contributed by atoms with E-state index in [1.165, 1.54) is 12.1 Å². The number of nitro benzene ring substituents is 1. The molecule has 0 saturated carbocycles. The van der Waals surface area contributed by atoms with Crippen LogP contribution in [0.25, 0.3) is 0 Å². The van der Waals surface area contributed by atoms with Gasteiger partial charge in [-0.3, -0.25) is 10.1 Å². The van der Waals surface area contributed by atoms with Gasteiger partial charge in [0.1, 0.15) is 6.04 Å². The summed E-state index contributed by atoms with van der Waals surface area (Å²) in [5, 5.41) is 20.3. The molecule has 108 valence electrons. The van der Waals surface area contributed by atoms with Crippen LogP contribution >= 0.6 is 0 Å². The van der Waals surface area contributed by atoms with Gasteiger partial charge in [-0.2, -0.15) is 0 Å². The fourth-order valence-electron chi connectivity index (χ4n) is 2.69. The molecule has 0 amide bonds. The van der Waals surface area contributed by atoms with Crippen LogP contribution in [0.1, 0.15) is 31.2 Å². The summed E-state index contributed by atoms with van der Waals surface area (Å²) in [5.41, 5.74) is 1.40. The van der Waals surface area contributed by atoms with E-state index in [1.54, 1.807) is 11.8 Å². The van der Waals surface area contributed by atoms with Crippen LogP contribution in [0.4, 0.5) is 11.4 Å². The van der Waals surface area contributed by atoms with Crippen molar-refractivity contribution in [3.8, 4) is 0 Å². The number of nitrogens with zero attached hydrogens (tertiary/aromatic N) is 2. The first kappa shape index (κ1) is 14.3. The molecule has 1 saturated heterocycles. The molecule has 1 fully saturated rings. The number of nitro groups is 1. The van der Waals surface area contributed by atoms with E-state index < -0.39 is 16.9 Å². The molecule has 0 radical (unpaired) electrons. The predicted molar refractivity (Wildman–Crippen MR) is 75.1 cm³/mol. The molecular weight excluding hydrogens is 260 g/mol. The third-order valence-electron chi connectivity index (χ3n) is 3.63. The number of aryl methyl sites for hydroxylation is 1. The van der Waals surface area contributed by atoms with Crippen molar-refractivity contribution in [2.24, 2.45) is 0 Å². The van der Waals surface area contributed by atoms with E-state index in [2.05, 4.69) is 0 Å². The lowest BCUT2D eigenvalue weighted by Gasteiger charge is -2.29. The number of aliphatic carboxylic acids is 1. The first-order chi connectivity index (χ1) is 9.49. The highest BCUT2D eigenvalue weighted by atomic mass is 16.6. The van der Waals surface area contributed by atoms with Crippen LogP contribution in [-0.4, -0.2) is 28.6 Å². The summed E-state index contributed by atoms with van der Waals surface area (Å²) in [6.07, 6.45) is 3.36. The zero-order valence-corrected chi connectivity index (χ0v) is 11.4. The molecule has 6 nitrogen and oxygen atoms in total. The number of anilines is 1. The van der Waals surface area contributed by atoms with Crippen molar-refractivity contribution >= 4 is 17.3 Å². The lowest BCUT2D eigenvalue weighted by Crippen LogP contribution is -2.40. The molecule has 1 heterocycles. The number of benzene rings is 1. The zero-order valence-electron chi connectivity index (χ0n) is 11.4. The van der Waals surface area contributed by atoms with Gasteiger partial charge in [0.15, 0.2) is 0 Å². The number of carboxylic acids is 1. The Morgan fingerprint density at radius 3 is 2.75 bits per heavy atom. The van der Waals surface area contributed by atoms with Gasteiger partial charge in [-0.05, 0) is 31.4 Å². The van der Waals surface area contributed by atoms with Crippen molar-refractivity contribution < 1.29 is 14.8 Å². The molecule has 1 aliphatic heterocycles. The summed E-state index contributed by atoms with van der Waals surface area (Å²) >= 11 is 0. The molecule has 1 unspecified atom stereocenters. The lowest BCUT2D eigenvalue weighted by molar-refractivity contribution is -0.384. The van der Waals surface area contributed by atoms with E-state index in [0.717, 1.165) is 24.8 Å². The number of rotatable bonds is 3. The first-order valence-corrected chi connectivity index (χ1v) is 6.74. The van der Waals surface area contributed by atoms with Crippen molar-refractivity contribution in [2.45, 2.75) is 38.6 Å². The molecule has 0 bridgehead atoms. The third kappa shape index (κ3) is 3.07. The van der Waals surface area contributed by atoms with Gasteiger partial charge in [-0.1, -0.05) is 12.8 Å². The molecule has 6 heteroatoms. The monoisotopic (exact) mass is 278 g/mol. The Bertz CT molecular complexity index is 530. The smallest absolute Gasteiger partial charge is 0.326 e. The van der Waals surface area contributed by atoms with Gasteiger partial charge in [-0.15, -0.1) is 0 Å². The zero-order chi connectivity index (χ0) is 14.7. The van der Waals surface area contributed by atoms with Gasteiger partial charge in [0.05, 0.1) is 4.92 Å². The van der Waals surface area contributed by atoms with Crippen LogP contribution in [0, 0.1) is 17.0 Å². The molecule has 1 aliphatic rings. The van der Waals surface area contributed by atoms with Crippen molar-refractivity contribution in [3.05, 3.63) is 33.9 Å². The Balaban J connectivity index is 2.40. The standard InChI is InChI=1S/C14H18N2O4/c1-10-7-11(9-12(8-10)16(19)20)15-6-4-2-3-5-13(15)14(17)18/h7-9,13H,2-6H2,1H3,(H,17,18). The number of hydrogen-bond donors (Lipinski definition) is 1. The minimum Gasteiger partial charge on any atom is -0.480 e. The van der Waals surface area contributed by atoms with Gasteiger partial charge in [-0.25, -0.2) is 4.79 Å². The van der Waals surface area contributed by atoms with Crippen LogP contribution in [0.15, 0.2) is 18.2 Å². The van der Waals surface area contributed by atoms with Crippen LogP contribution in [0.5, 0.6) is 0 Å². The summed E-state index contributed by atoms with van der Waals surface area (Å²) in [6.45, 7) is 2.40. The average molecular weight is 278 g/mol. The number of non-ortho nitro benzene ring substituents is 1. The summed E-state index contributed by atoms with van der Waals surface area (Å²) in [7, 11) is 0. The summed E-state index contributed by atoms with van der Waals surface area (Å²) in [6, 6.07) is 4.18. The quantitative estimate of drug-likeness (QED) is 0.679. The molecule has 0 spiro atoms. The Morgan fingerprint density at radius 1 is 1.35 bits per heavy atom. The minimum atomic E-state index is -0.865. The van der Waals surface area contributed by atoms with Crippen LogP contribution in [0.3, 0.4) is 0 Å². The van der Waals surface area contributed by atoms with E-state index in [9.17, 15) is 20.0 Å². The third-order valence-corrected chi connectivity index (χ3v) is 3.63. The van der Waals surface area contributed by atoms with E-state index in [-0.39, 0.29) is 5.69 Å². The molecule has 1 atom stereocenters. The number of carbonyl (C=O) groups is 1. The Kier molecular flexibility index (Phi) is 4.22. The van der Waals surface area contributed by atoms with Gasteiger partial charge in [0, 0.05) is 24.4 Å². The van der Waals surface area contributed by atoms with Crippen molar-refractivity contribution in [2.75, 3.05) is 11.4 Å². The Morgan fingerprint density at radius 2 is 2.10 bits per heavy atom. The molecular formula is C14H18N2O4. The Labute approximate surface area is 117 Å². The molecule has 20 heavy (non-hydrogen) atoms. The number of carboxylic acid groups (broad SMARTS) is 1. The molecule has 2 rings (SSSR count). The van der Waals surface area contributed by atoms with Crippen molar-refractivity contribution in [3.63, 3.8) is 0 Å². The van der Waals surface area contributed by atoms with E-state index in [4.69, 9.17) is 0 Å². The summed E-state index contributed by atoms with van der Waals surface area (Å²) in [4.78, 5) is 23.7. The van der Waals surface area contributed by atoms with Gasteiger partial charge in [0.25, 0.3) is 5.69 Å². The Hall–Kier alpha value is -2.11. The minimum absolute atomic E-state index is 0.00776. The van der Waals surface area contributed by atoms with Crippen LogP contribution in [-0.2, 0) is 4.79 Å². The molecule has 1 aromatic rings. The second kappa shape index (κ2) is 5.90. The van der Waals surface area contributed by atoms with Gasteiger partial charge >= 0.3 is 5.97 Å². The molecule has 0 aromatic heterocycles. The van der Waals surface area contributed by atoms with Crippen LogP contribution < -0.4 is 4.90 Å². The van der Waals surface area contributed by atoms with E-state index in [1.807, 2.05) is 6.07 Å². The topological polar surface area (TPSA) is 83.7 Å². The van der Waals surface area contributed by atoms with Crippen molar-refractivity contribution in [1.82, 2.24) is 0 Å². The molecule has 1 aromatic carbocycles. The fraction of sp³-hybridized carbons (Fsp3) is 0.500. The average Bonchev–Trinajstić information content (AvgIpc) is 2.63. The fourth-order valence-corrected chi connectivity index (χ4v) is 2.69. The normalized spacial score (nSPS) is 19.4. The maximum atomic E-state index is 11.4. The highest BCUT2D eigenvalue weighted by Crippen LogP contribution is 2.28. The van der Waals surface area contributed by atoms with E-state index >= 15 is 0 Å². The first-order valence-electron chi connectivity index (χ1n) is 6.74. The van der Waals surface area contributed by atoms with E-state index in [0.29, 0.717) is 18.7 Å². The van der Waals surface area contributed by atoms with Crippen LogP contribution in [0.2, 0.25) is 0 Å². The summed E-state index contributed by atoms with van der Waals surface area (Å²) < 4.78 is 0. The maximum Gasteiger partial charge on any atom is 0.326 e. The highest BCUT2D eigenvalue weighted by molar-refractivity contribution is 5.78.